The summed E-state index contributed by atoms with van der Waals surface area (Å²) in [6.45, 7) is 0. The summed E-state index contributed by atoms with van der Waals surface area (Å²) in [6.07, 6.45) is 0. The molecular formula is C16H11BrCl4N2O4. The van der Waals surface area contributed by atoms with E-state index in [4.69, 9.17) is 55.9 Å². The third kappa shape index (κ3) is 4.92. The van der Waals surface area contributed by atoms with Crippen molar-refractivity contribution in [3.8, 4) is 11.5 Å². The molecule has 0 fully saturated rings. The minimum absolute atomic E-state index is 0.0459. The number of amides is 3. The molecule has 2 rings (SSSR count). The Morgan fingerprint density at radius 1 is 0.926 bits per heavy atom. The molecule has 27 heavy (non-hydrogen) atoms. The van der Waals surface area contributed by atoms with Gasteiger partial charge in [-0.05, 0) is 34.1 Å². The molecule has 0 aliphatic rings. The van der Waals surface area contributed by atoms with Gasteiger partial charge in [-0.3, -0.25) is 10.1 Å². The molecule has 0 heterocycles. The third-order valence-corrected chi connectivity index (χ3v) is 4.93. The molecule has 0 aliphatic carbocycles. The van der Waals surface area contributed by atoms with Crippen molar-refractivity contribution in [2.24, 2.45) is 0 Å². The smallest absolute Gasteiger partial charge is 0.326 e. The number of hydrogen-bond acceptors (Lipinski definition) is 4. The van der Waals surface area contributed by atoms with Gasteiger partial charge in [-0.2, -0.15) is 0 Å². The molecule has 0 saturated heterocycles. The van der Waals surface area contributed by atoms with Gasteiger partial charge in [0.15, 0.2) is 5.75 Å². The Balaban J connectivity index is 2.32. The molecule has 6 nitrogen and oxygen atoms in total. The van der Waals surface area contributed by atoms with E-state index in [9.17, 15) is 9.59 Å². The molecular weight excluding hydrogens is 506 g/mol. The number of rotatable bonds is 4. The molecule has 0 aromatic heterocycles. The van der Waals surface area contributed by atoms with Gasteiger partial charge in [-0.1, -0.05) is 46.4 Å². The third-order valence-electron chi connectivity index (χ3n) is 3.25. The number of carbonyl (C=O) groups is 2. The molecule has 144 valence electrons. The number of urea groups is 1. The van der Waals surface area contributed by atoms with E-state index in [1.165, 1.54) is 32.4 Å². The monoisotopic (exact) mass is 514 g/mol. The molecule has 0 unspecified atom stereocenters. The van der Waals surface area contributed by atoms with Crippen LogP contribution in [0.4, 0.5) is 10.5 Å². The van der Waals surface area contributed by atoms with Gasteiger partial charge in [0.05, 0.1) is 39.4 Å². The van der Waals surface area contributed by atoms with Crippen molar-refractivity contribution in [3.05, 3.63) is 48.3 Å². The molecule has 0 atom stereocenters. The highest BCUT2D eigenvalue weighted by Gasteiger charge is 2.25. The maximum Gasteiger partial charge on any atom is 0.326 e. The predicted octanol–water partition coefficient (Wildman–Crippen LogP) is 6.04. The first-order valence-electron chi connectivity index (χ1n) is 7.06. The molecule has 2 aromatic carbocycles. The van der Waals surface area contributed by atoms with Crippen LogP contribution in [0.2, 0.25) is 20.1 Å². The van der Waals surface area contributed by atoms with Crippen LogP contribution in [0, 0.1) is 0 Å². The van der Waals surface area contributed by atoms with Crippen LogP contribution in [-0.2, 0) is 0 Å². The van der Waals surface area contributed by atoms with Gasteiger partial charge in [-0.15, -0.1) is 0 Å². The first kappa shape index (κ1) is 21.9. The summed E-state index contributed by atoms with van der Waals surface area (Å²) in [5.74, 6) is -0.626. The van der Waals surface area contributed by atoms with Gasteiger partial charge in [0.1, 0.15) is 11.3 Å². The molecule has 0 radical (unpaired) electrons. The maximum absolute atomic E-state index is 12.6. The summed E-state index contributed by atoms with van der Waals surface area (Å²) in [5.41, 5.74) is 0.0297. The number of carbonyl (C=O) groups excluding carboxylic acids is 2. The maximum atomic E-state index is 12.6. The fourth-order valence-corrected chi connectivity index (χ4v) is 4.07. The summed E-state index contributed by atoms with van der Waals surface area (Å²) in [4.78, 5) is 24.9. The van der Waals surface area contributed by atoms with E-state index in [1.54, 1.807) is 0 Å². The van der Waals surface area contributed by atoms with Crippen LogP contribution in [0.3, 0.4) is 0 Å². The zero-order valence-electron chi connectivity index (χ0n) is 13.8. The molecule has 3 amide bonds. The Hall–Kier alpha value is -1.38. The molecule has 0 aliphatic heterocycles. The van der Waals surface area contributed by atoms with Crippen molar-refractivity contribution in [2.45, 2.75) is 0 Å². The summed E-state index contributed by atoms with van der Waals surface area (Å²) >= 11 is 27.2. The van der Waals surface area contributed by atoms with Crippen molar-refractivity contribution in [2.75, 3.05) is 19.5 Å². The lowest BCUT2D eigenvalue weighted by Gasteiger charge is -2.16. The second-order valence-corrected chi connectivity index (χ2v) is 7.45. The van der Waals surface area contributed by atoms with Crippen LogP contribution >= 0.6 is 62.3 Å². The highest BCUT2D eigenvalue weighted by Crippen LogP contribution is 2.41. The summed E-state index contributed by atoms with van der Waals surface area (Å²) in [5, 5.41) is 5.19. The van der Waals surface area contributed by atoms with E-state index in [0.29, 0.717) is 9.50 Å². The lowest BCUT2D eigenvalue weighted by atomic mass is 10.1. The minimum atomic E-state index is -0.883. The Morgan fingerprint density at radius 2 is 1.48 bits per heavy atom. The molecule has 11 heteroatoms. The average Bonchev–Trinajstić information content (AvgIpc) is 2.57. The van der Waals surface area contributed by atoms with E-state index >= 15 is 0 Å². The normalized spacial score (nSPS) is 10.3. The summed E-state index contributed by atoms with van der Waals surface area (Å²) in [6, 6.07) is 3.41. The second kappa shape index (κ2) is 9.21. The number of hydrogen-bond donors (Lipinski definition) is 2. The van der Waals surface area contributed by atoms with E-state index in [-0.39, 0.29) is 37.8 Å². The molecule has 0 spiro atoms. The largest absolute Gasteiger partial charge is 0.495 e. The van der Waals surface area contributed by atoms with Crippen molar-refractivity contribution in [1.82, 2.24) is 5.32 Å². The first-order chi connectivity index (χ1) is 12.7. The van der Waals surface area contributed by atoms with Gasteiger partial charge >= 0.3 is 6.03 Å². The average molecular weight is 517 g/mol. The highest BCUT2D eigenvalue weighted by atomic mass is 79.9. The number of halogens is 5. The Bertz CT molecular complexity index is 873. The lowest BCUT2D eigenvalue weighted by molar-refractivity contribution is 0.0961. The van der Waals surface area contributed by atoms with E-state index in [0.717, 1.165) is 0 Å². The standard InChI is InChI=1S/C16H11BrCl4N2O4/c1-26-13-7(17)5-10(21)14(27-2)11(13)15(24)23-16(25)22-12-8(19)3-6(18)4-9(12)20/h3-5H,1-2H3,(H2,22,23,24,25). The van der Waals surface area contributed by atoms with Crippen LogP contribution in [0.15, 0.2) is 22.7 Å². The number of nitrogens with one attached hydrogen (secondary N) is 2. The highest BCUT2D eigenvalue weighted by molar-refractivity contribution is 9.10. The Labute approximate surface area is 183 Å². The predicted molar refractivity (Wildman–Crippen MR) is 110 cm³/mol. The van der Waals surface area contributed by atoms with Gasteiger partial charge < -0.3 is 14.8 Å². The SMILES string of the molecule is COc1c(Cl)cc(Br)c(OC)c1C(=O)NC(=O)Nc1c(Cl)cc(Cl)cc1Cl. The van der Waals surface area contributed by atoms with Gasteiger partial charge in [0.25, 0.3) is 5.91 Å². The molecule has 0 saturated carbocycles. The lowest BCUT2D eigenvalue weighted by Crippen LogP contribution is -2.35. The first-order valence-corrected chi connectivity index (χ1v) is 9.36. The summed E-state index contributed by atoms with van der Waals surface area (Å²) < 4.78 is 10.8. The Morgan fingerprint density at radius 3 is 2.00 bits per heavy atom. The van der Waals surface area contributed by atoms with Crippen LogP contribution < -0.4 is 20.1 Å². The van der Waals surface area contributed by atoms with Crippen molar-refractivity contribution in [3.63, 3.8) is 0 Å². The van der Waals surface area contributed by atoms with Gasteiger partial charge in [-0.25, -0.2) is 4.79 Å². The minimum Gasteiger partial charge on any atom is -0.495 e. The number of ether oxygens (including phenoxy) is 2. The zero-order chi connectivity index (χ0) is 20.3. The number of methoxy groups -OCH3 is 2. The van der Waals surface area contributed by atoms with Crippen molar-refractivity contribution in [1.29, 1.82) is 0 Å². The quantitative estimate of drug-likeness (QED) is 0.519. The van der Waals surface area contributed by atoms with Crippen LogP contribution in [0.1, 0.15) is 10.4 Å². The van der Waals surface area contributed by atoms with E-state index in [1.807, 2.05) is 0 Å². The summed E-state index contributed by atoms with van der Waals surface area (Å²) in [7, 11) is 2.69. The van der Waals surface area contributed by atoms with Crippen LogP contribution in [0.25, 0.3) is 0 Å². The van der Waals surface area contributed by atoms with Gasteiger partial charge in [0.2, 0.25) is 0 Å². The number of benzene rings is 2. The topological polar surface area (TPSA) is 76.7 Å². The fraction of sp³-hybridized carbons (Fsp3) is 0.125. The Kier molecular flexibility index (Phi) is 7.47. The molecule has 0 bridgehead atoms. The molecule has 2 N–H and O–H groups in total. The van der Waals surface area contributed by atoms with Crippen LogP contribution in [-0.4, -0.2) is 26.2 Å². The fourth-order valence-electron chi connectivity index (χ4n) is 2.16. The molecule has 2 aromatic rings. The van der Waals surface area contributed by atoms with Gasteiger partial charge in [0, 0.05) is 5.02 Å². The second-order valence-electron chi connectivity index (χ2n) is 4.93. The van der Waals surface area contributed by atoms with Crippen molar-refractivity contribution >= 4 is 80.0 Å². The van der Waals surface area contributed by atoms with E-state index < -0.39 is 11.9 Å². The number of anilines is 1. The number of imide groups is 1. The zero-order valence-corrected chi connectivity index (χ0v) is 18.4. The van der Waals surface area contributed by atoms with E-state index in [2.05, 4.69) is 26.6 Å². The van der Waals surface area contributed by atoms with Crippen LogP contribution in [0.5, 0.6) is 11.5 Å². The van der Waals surface area contributed by atoms with Crippen molar-refractivity contribution < 1.29 is 19.1 Å².